The first kappa shape index (κ1) is 21.9. The van der Waals surface area contributed by atoms with Gasteiger partial charge in [0.1, 0.15) is 12.0 Å². The predicted octanol–water partition coefficient (Wildman–Crippen LogP) is 5.36. The van der Waals surface area contributed by atoms with Crippen molar-refractivity contribution in [2.75, 3.05) is 6.61 Å². The van der Waals surface area contributed by atoms with Crippen molar-refractivity contribution in [2.45, 2.75) is 25.9 Å². The van der Waals surface area contributed by atoms with Crippen LogP contribution >= 0.6 is 64.8 Å². The average molecular weight is 564 g/mol. The second kappa shape index (κ2) is 8.91. The summed E-state index contributed by atoms with van der Waals surface area (Å²) in [5.74, 6) is -0.773. The summed E-state index contributed by atoms with van der Waals surface area (Å²) in [6, 6.07) is 7.05. The highest BCUT2D eigenvalue weighted by Crippen LogP contribution is 2.55. The molecule has 3 rings (SSSR count). The topological polar surface area (TPSA) is 59.5 Å². The number of rotatable bonds is 8. The number of carbonyl (C=O) groups excluding carboxylic acids is 2. The van der Waals surface area contributed by atoms with Crippen LogP contribution in [-0.2, 0) is 14.3 Å². The first-order valence-corrected chi connectivity index (χ1v) is 12.7. The standard InChI is InChI=1S/C18H16Br2N2O3S3/c1-4-9-25-14(23)13(10(2)3)22-15(24)18(19,20)16(22)27-28-17-21-11-7-5-6-8-12(11)26-17/h4-8,13,16H,1-2,9H2,3H3/t13-,16-/m1/s1. The number of carbonyl (C=O) groups is 2. The molecule has 1 fully saturated rings. The Bertz CT molecular complexity index is 914. The van der Waals surface area contributed by atoms with Gasteiger partial charge in [0.15, 0.2) is 13.6 Å². The van der Waals surface area contributed by atoms with E-state index in [1.54, 1.807) is 18.3 Å². The first-order valence-electron chi connectivity index (χ1n) is 8.09. The molecule has 0 bridgehead atoms. The summed E-state index contributed by atoms with van der Waals surface area (Å²) in [6.07, 6.45) is 1.49. The van der Waals surface area contributed by atoms with E-state index in [9.17, 15) is 9.59 Å². The minimum atomic E-state index is -0.958. The van der Waals surface area contributed by atoms with Gasteiger partial charge in [-0.15, -0.1) is 11.3 Å². The lowest BCUT2D eigenvalue weighted by Gasteiger charge is -2.51. The number of halogens is 2. The van der Waals surface area contributed by atoms with E-state index in [4.69, 9.17) is 4.74 Å². The lowest BCUT2D eigenvalue weighted by Crippen LogP contribution is -2.70. The van der Waals surface area contributed by atoms with E-state index >= 15 is 0 Å². The van der Waals surface area contributed by atoms with Crippen LogP contribution in [0.3, 0.4) is 0 Å². The Hall–Kier alpha value is -0.810. The summed E-state index contributed by atoms with van der Waals surface area (Å²) in [7, 11) is 2.91. The van der Waals surface area contributed by atoms with Crippen LogP contribution in [0.4, 0.5) is 0 Å². The van der Waals surface area contributed by atoms with E-state index in [0.29, 0.717) is 5.57 Å². The molecule has 2 atom stereocenters. The zero-order valence-electron chi connectivity index (χ0n) is 14.8. The second-order valence-electron chi connectivity index (χ2n) is 5.98. The lowest BCUT2D eigenvalue weighted by atomic mass is 10.0. The van der Waals surface area contributed by atoms with Crippen molar-refractivity contribution in [3.8, 4) is 0 Å². The van der Waals surface area contributed by atoms with Crippen molar-refractivity contribution in [2.24, 2.45) is 0 Å². The minimum absolute atomic E-state index is 0.0800. The number of aromatic nitrogens is 1. The first-order chi connectivity index (χ1) is 13.3. The van der Waals surface area contributed by atoms with Gasteiger partial charge in [0.2, 0.25) is 0 Å². The van der Waals surface area contributed by atoms with Crippen molar-refractivity contribution >= 4 is 86.9 Å². The quantitative estimate of drug-likeness (QED) is 0.142. The van der Waals surface area contributed by atoms with E-state index in [1.807, 2.05) is 24.3 Å². The number of ether oxygens (including phenoxy) is 1. The molecule has 10 heteroatoms. The van der Waals surface area contributed by atoms with Crippen LogP contribution in [0.2, 0.25) is 0 Å². The zero-order valence-corrected chi connectivity index (χ0v) is 20.4. The van der Waals surface area contributed by atoms with Crippen molar-refractivity contribution in [1.82, 2.24) is 9.88 Å². The number of nitrogens with zero attached hydrogens (tertiary/aromatic N) is 2. The summed E-state index contributed by atoms with van der Waals surface area (Å²) in [6.45, 7) is 9.20. The van der Waals surface area contributed by atoms with Gasteiger partial charge in [-0.05, 0) is 35.4 Å². The van der Waals surface area contributed by atoms with Crippen LogP contribution in [-0.4, -0.2) is 43.0 Å². The number of benzene rings is 1. The van der Waals surface area contributed by atoms with E-state index in [2.05, 4.69) is 50.0 Å². The number of hydrogen-bond donors (Lipinski definition) is 0. The predicted molar refractivity (Wildman–Crippen MR) is 124 cm³/mol. The van der Waals surface area contributed by atoms with Gasteiger partial charge in [-0.2, -0.15) is 0 Å². The zero-order chi connectivity index (χ0) is 20.5. The molecule has 1 aliphatic rings. The molecule has 0 aliphatic carbocycles. The van der Waals surface area contributed by atoms with Crippen molar-refractivity contribution in [3.05, 3.63) is 49.1 Å². The normalized spacial score (nSPS) is 19.2. The fraction of sp³-hybridized carbons (Fsp3) is 0.278. The summed E-state index contributed by atoms with van der Waals surface area (Å²) < 4.78 is 6.19. The van der Waals surface area contributed by atoms with Gasteiger partial charge in [0.05, 0.1) is 10.2 Å². The third kappa shape index (κ3) is 4.21. The van der Waals surface area contributed by atoms with Crippen LogP contribution in [0.5, 0.6) is 0 Å². The molecule has 1 amide bonds. The van der Waals surface area contributed by atoms with Gasteiger partial charge in [-0.1, -0.05) is 74.0 Å². The molecule has 0 spiro atoms. The van der Waals surface area contributed by atoms with Gasteiger partial charge in [-0.3, -0.25) is 4.79 Å². The second-order valence-corrected chi connectivity index (χ2v) is 13.1. The molecule has 0 N–H and O–H groups in total. The smallest absolute Gasteiger partial charge is 0.333 e. The van der Waals surface area contributed by atoms with Crippen LogP contribution < -0.4 is 0 Å². The molecular formula is C18H16Br2N2O3S3. The largest absolute Gasteiger partial charge is 0.460 e. The van der Waals surface area contributed by atoms with Crippen molar-refractivity contribution < 1.29 is 14.3 Å². The maximum Gasteiger partial charge on any atom is 0.333 e. The SMILES string of the molecule is C=CCOC(=O)[C@@H](C(=C)C)N1C(=O)C(Br)(Br)[C@H]1SSc1nc2ccccc2s1. The Labute approximate surface area is 191 Å². The molecule has 0 radical (unpaired) electrons. The number of hydrogen-bond acceptors (Lipinski definition) is 7. The maximum absolute atomic E-state index is 12.7. The molecule has 28 heavy (non-hydrogen) atoms. The summed E-state index contributed by atoms with van der Waals surface area (Å²) in [5.41, 5.74) is 1.47. The van der Waals surface area contributed by atoms with E-state index in [-0.39, 0.29) is 17.9 Å². The highest BCUT2D eigenvalue weighted by Gasteiger charge is 2.62. The van der Waals surface area contributed by atoms with Gasteiger partial charge in [0.25, 0.3) is 5.91 Å². The number of thiazole rings is 1. The Morgan fingerprint density at radius 2 is 2.21 bits per heavy atom. The summed E-state index contributed by atoms with van der Waals surface area (Å²) in [4.78, 5) is 31.3. The third-order valence-electron chi connectivity index (χ3n) is 3.88. The summed E-state index contributed by atoms with van der Waals surface area (Å²) in [5, 5.41) is -0.366. The fourth-order valence-electron chi connectivity index (χ4n) is 2.60. The van der Waals surface area contributed by atoms with Crippen LogP contribution in [0.25, 0.3) is 10.2 Å². The minimum Gasteiger partial charge on any atom is -0.460 e. The number of likely N-dealkylation sites (tertiary alicyclic amines) is 1. The molecule has 2 heterocycles. The molecule has 5 nitrogen and oxygen atoms in total. The molecule has 1 aromatic carbocycles. The van der Waals surface area contributed by atoms with Crippen LogP contribution in [0.15, 0.2) is 53.4 Å². The van der Waals surface area contributed by atoms with Crippen LogP contribution in [0.1, 0.15) is 6.92 Å². The highest BCUT2D eigenvalue weighted by molar-refractivity contribution is 9.26. The maximum atomic E-state index is 12.7. The number of β-lactam (4-membered cyclic amide) rings is 1. The molecule has 1 saturated heterocycles. The summed E-state index contributed by atoms with van der Waals surface area (Å²) >= 11 is 8.47. The molecular weight excluding hydrogens is 548 g/mol. The van der Waals surface area contributed by atoms with Crippen LogP contribution in [0, 0.1) is 0 Å². The van der Waals surface area contributed by atoms with Gasteiger partial charge < -0.3 is 9.64 Å². The van der Waals surface area contributed by atoms with Crippen molar-refractivity contribution in [3.63, 3.8) is 0 Å². The lowest BCUT2D eigenvalue weighted by molar-refractivity contribution is -0.158. The Morgan fingerprint density at radius 1 is 1.50 bits per heavy atom. The third-order valence-corrected chi connectivity index (χ3v) is 10.1. The number of esters is 1. The Balaban J connectivity index is 1.78. The average Bonchev–Trinajstić information content (AvgIpc) is 3.07. The highest BCUT2D eigenvalue weighted by atomic mass is 79.9. The number of amides is 1. The van der Waals surface area contributed by atoms with E-state index < -0.39 is 15.2 Å². The molecule has 0 unspecified atom stereocenters. The monoisotopic (exact) mass is 562 g/mol. The fourth-order valence-corrected chi connectivity index (χ4v) is 8.70. The number of para-hydroxylation sites is 1. The molecule has 148 valence electrons. The Kier molecular flexibility index (Phi) is 6.96. The van der Waals surface area contributed by atoms with Gasteiger partial charge in [0, 0.05) is 0 Å². The number of alkyl halides is 2. The van der Waals surface area contributed by atoms with E-state index in [0.717, 1.165) is 14.6 Å². The molecule has 0 saturated carbocycles. The van der Waals surface area contributed by atoms with Crippen molar-refractivity contribution in [1.29, 1.82) is 0 Å². The molecule has 1 aromatic heterocycles. The Morgan fingerprint density at radius 3 is 2.86 bits per heavy atom. The van der Waals surface area contributed by atoms with E-state index in [1.165, 1.54) is 32.6 Å². The molecule has 1 aliphatic heterocycles. The number of fused-ring (bicyclic) bond motifs is 1. The van der Waals surface area contributed by atoms with Gasteiger partial charge in [-0.25, -0.2) is 9.78 Å². The van der Waals surface area contributed by atoms with Gasteiger partial charge >= 0.3 is 5.97 Å². The molecule has 2 aromatic rings.